The zero-order valence-corrected chi connectivity index (χ0v) is 7.82. The molecule has 0 saturated heterocycles. The first kappa shape index (κ1) is 10.3. The number of nitrogen functional groups attached to an aromatic ring is 1. The molecule has 5 heteroatoms. The summed E-state index contributed by atoms with van der Waals surface area (Å²) in [5, 5.41) is 8.65. The van der Waals surface area contributed by atoms with Gasteiger partial charge in [0.1, 0.15) is 11.6 Å². The van der Waals surface area contributed by atoms with Crippen molar-refractivity contribution in [1.82, 2.24) is 9.97 Å². The monoisotopic (exact) mass is 219 g/mol. The molecular weight excluding hydrogens is 210 g/mol. The Bertz CT molecular complexity index is 241. The van der Waals surface area contributed by atoms with E-state index in [4.69, 9.17) is 10.8 Å². The van der Waals surface area contributed by atoms with Crippen LogP contribution >= 0.6 is 17.0 Å². The summed E-state index contributed by atoms with van der Waals surface area (Å²) in [7, 11) is 0. The van der Waals surface area contributed by atoms with Gasteiger partial charge in [-0.05, 0) is 6.92 Å². The predicted molar refractivity (Wildman–Crippen MR) is 47.4 cm³/mol. The Morgan fingerprint density at radius 3 is 2.73 bits per heavy atom. The van der Waals surface area contributed by atoms with Gasteiger partial charge in [0.25, 0.3) is 0 Å². The SMILES string of the molecule is Br.Cc1ncc(CO)c(N)n1. The second-order valence-corrected chi connectivity index (χ2v) is 1.99. The maximum atomic E-state index is 8.65. The van der Waals surface area contributed by atoms with Crippen LogP contribution in [0.4, 0.5) is 5.82 Å². The third-order valence-electron chi connectivity index (χ3n) is 1.19. The van der Waals surface area contributed by atoms with Crippen molar-refractivity contribution in [2.24, 2.45) is 0 Å². The van der Waals surface area contributed by atoms with E-state index in [1.165, 1.54) is 6.20 Å². The highest BCUT2D eigenvalue weighted by molar-refractivity contribution is 8.93. The number of hydrogen-bond donors (Lipinski definition) is 2. The Morgan fingerprint density at radius 1 is 1.64 bits per heavy atom. The van der Waals surface area contributed by atoms with Crippen molar-refractivity contribution < 1.29 is 5.11 Å². The number of halogens is 1. The molecule has 0 atom stereocenters. The summed E-state index contributed by atoms with van der Waals surface area (Å²) in [6, 6.07) is 0. The van der Waals surface area contributed by atoms with Gasteiger partial charge >= 0.3 is 0 Å². The fourth-order valence-corrected chi connectivity index (χ4v) is 0.634. The lowest BCUT2D eigenvalue weighted by Gasteiger charge is -1.99. The highest BCUT2D eigenvalue weighted by Crippen LogP contribution is 2.05. The third kappa shape index (κ3) is 2.44. The van der Waals surface area contributed by atoms with Gasteiger partial charge < -0.3 is 10.8 Å². The molecule has 0 bridgehead atoms. The van der Waals surface area contributed by atoms with Crippen molar-refractivity contribution in [3.8, 4) is 0 Å². The zero-order chi connectivity index (χ0) is 7.56. The molecule has 62 valence electrons. The lowest BCUT2D eigenvalue weighted by Crippen LogP contribution is -2.00. The quantitative estimate of drug-likeness (QED) is 0.720. The number of aliphatic hydroxyl groups is 1. The number of anilines is 1. The van der Waals surface area contributed by atoms with E-state index < -0.39 is 0 Å². The normalized spacial score (nSPS) is 8.91. The van der Waals surface area contributed by atoms with E-state index in [0.717, 1.165) is 0 Å². The van der Waals surface area contributed by atoms with Crippen LogP contribution in [0.1, 0.15) is 11.4 Å². The lowest BCUT2D eigenvalue weighted by molar-refractivity contribution is 0.281. The average Bonchev–Trinajstić information content (AvgIpc) is 1.88. The number of aryl methyl sites for hydroxylation is 1. The molecule has 0 radical (unpaired) electrons. The van der Waals surface area contributed by atoms with Crippen LogP contribution in [0.3, 0.4) is 0 Å². The summed E-state index contributed by atoms with van der Waals surface area (Å²) in [4.78, 5) is 7.71. The van der Waals surface area contributed by atoms with Crippen LogP contribution in [0.15, 0.2) is 6.20 Å². The molecule has 11 heavy (non-hydrogen) atoms. The molecule has 3 N–H and O–H groups in total. The number of aromatic nitrogens is 2. The standard InChI is InChI=1S/C6H9N3O.BrH/c1-4-8-2-5(3-10)6(7)9-4;/h2,10H,3H2,1H3,(H2,7,8,9);1H. The highest BCUT2D eigenvalue weighted by atomic mass is 79.9. The number of nitrogens with zero attached hydrogens (tertiary/aromatic N) is 2. The topological polar surface area (TPSA) is 72.0 Å². The number of nitrogens with two attached hydrogens (primary N) is 1. The molecule has 0 aromatic carbocycles. The summed E-state index contributed by atoms with van der Waals surface area (Å²) >= 11 is 0. The van der Waals surface area contributed by atoms with Gasteiger partial charge in [0.2, 0.25) is 0 Å². The Morgan fingerprint density at radius 2 is 2.27 bits per heavy atom. The van der Waals surface area contributed by atoms with E-state index in [1.807, 2.05) is 0 Å². The predicted octanol–water partition coefficient (Wildman–Crippen LogP) is 0.437. The summed E-state index contributed by atoms with van der Waals surface area (Å²) in [6.45, 7) is 1.64. The van der Waals surface area contributed by atoms with E-state index >= 15 is 0 Å². The molecule has 4 nitrogen and oxygen atoms in total. The fraction of sp³-hybridized carbons (Fsp3) is 0.333. The van der Waals surface area contributed by atoms with Crippen molar-refractivity contribution >= 4 is 22.8 Å². The minimum atomic E-state index is -0.105. The molecule has 0 unspecified atom stereocenters. The molecule has 0 aliphatic rings. The van der Waals surface area contributed by atoms with E-state index in [2.05, 4.69) is 9.97 Å². The second-order valence-electron chi connectivity index (χ2n) is 1.99. The molecule has 0 spiro atoms. The lowest BCUT2D eigenvalue weighted by atomic mass is 10.3. The van der Waals surface area contributed by atoms with Gasteiger partial charge in [-0.25, -0.2) is 9.97 Å². The van der Waals surface area contributed by atoms with Gasteiger partial charge in [-0.3, -0.25) is 0 Å². The van der Waals surface area contributed by atoms with Crippen LogP contribution < -0.4 is 5.73 Å². The van der Waals surface area contributed by atoms with Gasteiger partial charge in [-0.15, -0.1) is 17.0 Å². The van der Waals surface area contributed by atoms with Gasteiger partial charge in [-0.2, -0.15) is 0 Å². The first-order valence-electron chi connectivity index (χ1n) is 2.93. The average molecular weight is 220 g/mol. The Labute approximate surface area is 75.2 Å². The van der Waals surface area contributed by atoms with E-state index in [9.17, 15) is 0 Å². The molecule has 0 aliphatic carbocycles. The third-order valence-corrected chi connectivity index (χ3v) is 1.19. The number of aliphatic hydroxyl groups excluding tert-OH is 1. The maximum Gasteiger partial charge on any atom is 0.132 e. The Kier molecular flexibility index (Phi) is 3.99. The molecule has 1 aromatic heterocycles. The minimum Gasteiger partial charge on any atom is -0.391 e. The minimum absolute atomic E-state index is 0. The molecule has 1 heterocycles. The highest BCUT2D eigenvalue weighted by Gasteiger charge is 1.97. The second kappa shape index (κ2) is 4.25. The van der Waals surface area contributed by atoms with Crippen LogP contribution in [0, 0.1) is 6.92 Å². The summed E-state index contributed by atoms with van der Waals surface area (Å²) < 4.78 is 0. The van der Waals surface area contributed by atoms with Crippen LogP contribution in [0.25, 0.3) is 0 Å². The van der Waals surface area contributed by atoms with Gasteiger partial charge in [0.05, 0.1) is 6.61 Å². The first-order valence-corrected chi connectivity index (χ1v) is 2.93. The summed E-state index contributed by atoms with van der Waals surface area (Å²) in [5.41, 5.74) is 6.00. The molecule has 0 saturated carbocycles. The largest absolute Gasteiger partial charge is 0.391 e. The van der Waals surface area contributed by atoms with E-state index in [1.54, 1.807) is 6.92 Å². The van der Waals surface area contributed by atoms with Gasteiger partial charge in [0.15, 0.2) is 0 Å². The van der Waals surface area contributed by atoms with Crippen molar-refractivity contribution in [3.05, 3.63) is 17.6 Å². The molecule has 0 amide bonds. The Hall–Kier alpha value is -0.680. The summed E-state index contributed by atoms with van der Waals surface area (Å²) in [6.07, 6.45) is 1.53. The molecule has 0 aliphatic heterocycles. The molecule has 1 rings (SSSR count). The van der Waals surface area contributed by atoms with Crippen molar-refractivity contribution in [3.63, 3.8) is 0 Å². The number of hydrogen-bond acceptors (Lipinski definition) is 4. The first-order chi connectivity index (χ1) is 4.74. The molecule has 0 fully saturated rings. The smallest absolute Gasteiger partial charge is 0.132 e. The van der Waals surface area contributed by atoms with Crippen molar-refractivity contribution in [2.45, 2.75) is 13.5 Å². The summed E-state index contributed by atoms with van der Waals surface area (Å²) in [5.74, 6) is 0.977. The van der Waals surface area contributed by atoms with Crippen molar-refractivity contribution in [2.75, 3.05) is 5.73 Å². The van der Waals surface area contributed by atoms with Crippen LogP contribution in [0.5, 0.6) is 0 Å². The van der Waals surface area contributed by atoms with Crippen molar-refractivity contribution in [1.29, 1.82) is 0 Å². The van der Waals surface area contributed by atoms with E-state index in [0.29, 0.717) is 17.2 Å². The van der Waals surface area contributed by atoms with Gasteiger partial charge in [-0.1, -0.05) is 0 Å². The fourth-order valence-electron chi connectivity index (χ4n) is 0.634. The molecule has 1 aromatic rings. The van der Waals surface area contributed by atoms with Crippen LogP contribution in [-0.2, 0) is 6.61 Å². The van der Waals surface area contributed by atoms with Crippen LogP contribution in [-0.4, -0.2) is 15.1 Å². The van der Waals surface area contributed by atoms with E-state index in [-0.39, 0.29) is 23.6 Å². The Balaban J connectivity index is 0.000001000. The maximum absolute atomic E-state index is 8.65. The zero-order valence-electron chi connectivity index (χ0n) is 6.11. The van der Waals surface area contributed by atoms with Gasteiger partial charge in [0, 0.05) is 11.8 Å². The number of rotatable bonds is 1. The molecular formula is C6H10BrN3O. The van der Waals surface area contributed by atoms with Crippen LogP contribution in [0.2, 0.25) is 0 Å².